The second-order valence-electron chi connectivity index (χ2n) is 5.63. The van der Waals surface area contributed by atoms with Crippen LogP contribution in [0.4, 0.5) is 5.69 Å². The number of benzene rings is 1. The van der Waals surface area contributed by atoms with Crippen molar-refractivity contribution in [3.63, 3.8) is 0 Å². The number of rotatable bonds is 4. The minimum absolute atomic E-state index is 0.158. The molecule has 1 aliphatic heterocycles. The van der Waals surface area contributed by atoms with Gasteiger partial charge >= 0.3 is 0 Å². The van der Waals surface area contributed by atoms with E-state index in [9.17, 15) is 0 Å². The summed E-state index contributed by atoms with van der Waals surface area (Å²) >= 11 is 0. The van der Waals surface area contributed by atoms with Crippen LogP contribution in [0.1, 0.15) is 43.7 Å². The van der Waals surface area contributed by atoms with Crippen molar-refractivity contribution in [2.45, 2.75) is 39.5 Å². The summed E-state index contributed by atoms with van der Waals surface area (Å²) in [6.07, 6.45) is 5.29. The minimum Gasteiger partial charge on any atom is -0.384 e. The van der Waals surface area contributed by atoms with E-state index in [1.807, 2.05) is 13.0 Å². The third kappa shape index (κ3) is 3.28. The molecule has 0 unspecified atom stereocenters. The predicted octanol–water partition coefficient (Wildman–Crippen LogP) is 3.30. The molecule has 3 heteroatoms. The lowest BCUT2D eigenvalue weighted by atomic mass is 9.92. The second-order valence-corrected chi connectivity index (χ2v) is 5.63. The van der Waals surface area contributed by atoms with E-state index < -0.39 is 0 Å². The summed E-state index contributed by atoms with van der Waals surface area (Å²) in [5.74, 6) is 1.07. The van der Waals surface area contributed by atoms with Gasteiger partial charge in [0, 0.05) is 24.3 Å². The molecule has 0 saturated carbocycles. The average Bonchev–Trinajstić information content (AvgIpc) is 2.39. The van der Waals surface area contributed by atoms with E-state index in [1.165, 1.54) is 31.4 Å². The Labute approximate surface area is 116 Å². The molecule has 19 heavy (non-hydrogen) atoms. The second kappa shape index (κ2) is 6.09. The summed E-state index contributed by atoms with van der Waals surface area (Å²) in [6, 6.07) is 6.24. The lowest BCUT2D eigenvalue weighted by Gasteiger charge is -2.34. The van der Waals surface area contributed by atoms with Gasteiger partial charge in [0.05, 0.1) is 0 Å². The van der Waals surface area contributed by atoms with Crippen LogP contribution in [0, 0.1) is 18.3 Å². The third-order valence-corrected chi connectivity index (χ3v) is 4.18. The van der Waals surface area contributed by atoms with Crippen LogP contribution in [0.3, 0.4) is 0 Å². The Hall–Kier alpha value is -1.51. The van der Waals surface area contributed by atoms with Crippen molar-refractivity contribution in [2.24, 2.45) is 11.7 Å². The van der Waals surface area contributed by atoms with Gasteiger partial charge in [-0.15, -0.1) is 0 Å². The molecule has 1 fully saturated rings. The number of nitrogen functional groups attached to an aromatic ring is 1. The first-order valence-corrected chi connectivity index (χ1v) is 7.31. The Kier molecular flexibility index (Phi) is 4.46. The molecule has 1 heterocycles. The van der Waals surface area contributed by atoms with Crippen molar-refractivity contribution >= 4 is 11.5 Å². The number of anilines is 1. The molecule has 0 aliphatic carbocycles. The van der Waals surface area contributed by atoms with Crippen molar-refractivity contribution in [3.8, 4) is 0 Å². The fourth-order valence-corrected chi connectivity index (χ4v) is 3.03. The molecule has 1 aromatic rings. The number of amidine groups is 1. The highest BCUT2D eigenvalue weighted by Crippen LogP contribution is 2.27. The highest BCUT2D eigenvalue weighted by Gasteiger charge is 2.19. The molecule has 0 radical (unpaired) electrons. The van der Waals surface area contributed by atoms with Gasteiger partial charge in [-0.3, -0.25) is 5.41 Å². The molecule has 0 bridgehead atoms. The van der Waals surface area contributed by atoms with E-state index in [4.69, 9.17) is 11.1 Å². The van der Waals surface area contributed by atoms with E-state index in [0.717, 1.165) is 30.1 Å². The lowest BCUT2D eigenvalue weighted by Crippen LogP contribution is -2.33. The molecule has 1 aliphatic rings. The molecule has 1 saturated heterocycles. The Morgan fingerprint density at radius 2 is 2.05 bits per heavy atom. The Balaban J connectivity index is 2.04. The summed E-state index contributed by atoms with van der Waals surface area (Å²) in [4.78, 5) is 2.46. The van der Waals surface area contributed by atoms with Gasteiger partial charge < -0.3 is 10.6 Å². The topological polar surface area (TPSA) is 53.1 Å². The number of nitrogens with one attached hydrogen (secondary N) is 1. The van der Waals surface area contributed by atoms with E-state index in [-0.39, 0.29) is 5.84 Å². The fraction of sp³-hybridized carbons (Fsp3) is 0.562. The van der Waals surface area contributed by atoms with Gasteiger partial charge in [-0.25, -0.2) is 0 Å². The normalized spacial score (nSPS) is 16.6. The van der Waals surface area contributed by atoms with E-state index in [0.29, 0.717) is 0 Å². The van der Waals surface area contributed by atoms with Gasteiger partial charge in [0.25, 0.3) is 0 Å². The molecule has 2 rings (SSSR count). The van der Waals surface area contributed by atoms with Crippen LogP contribution in [0.15, 0.2) is 18.2 Å². The summed E-state index contributed by atoms with van der Waals surface area (Å²) < 4.78 is 0. The zero-order valence-electron chi connectivity index (χ0n) is 12.1. The maximum atomic E-state index is 7.53. The maximum absolute atomic E-state index is 7.53. The zero-order valence-corrected chi connectivity index (χ0v) is 12.1. The standard InChI is InChI=1S/C16H25N3/c1-3-4-13-7-9-19(10-8-13)14-5-6-15(16(17)18)12(2)11-14/h5-6,11,13H,3-4,7-10H2,1-2H3,(H3,17,18). The SMILES string of the molecule is CCCC1CCN(c2ccc(C(=N)N)c(C)c2)CC1. The van der Waals surface area contributed by atoms with Crippen LogP contribution < -0.4 is 10.6 Å². The quantitative estimate of drug-likeness (QED) is 0.644. The van der Waals surface area contributed by atoms with Gasteiger partial charge in [0.15, 0.2) is 0 Å². The van der Waals surface area contributed by atoms with Gasteiger partial charge in [0.1, 0.15) is 5.84 Å². The number of nitrogens with two attached hydrogens (primary N) is 1. The molecular formula is C16H25N3. The van der Waals surface area contributed by atoms with E-state index in [2.05, 4.69) is 24.0 Å². The number of hydrogen-bond acceptors (Lipinski definition) is 2. The lowest BCUT2D eigenvalue weighted by molar-refractivity contribution is 0.378. The number of piperidine rings is 1. The van der Waals surface area contributed by atoms with Crippen LogP contribution in [-0.4, -0.2) is 18.9 Å². The average molecular weight is 259 g/mol. The van der Waals surface area contributed by atoms with Crippen molar-refractivity contribution in [2.75, 3.05) is 18.0 Å². The Bertz CT molecular complexity index is 445. The van der Waals surface area contributed by atoms with E-state index in [1.54, 1.807) is 0 Å². The van der Waals surface area contributed by atoms with Crippen LogP contribution in [0.2, 0.25) is 0 Å². The summed E-state index contributed by atoms with van der Waals surface area (Å²) in [5.41, 5.74) is 8.79. The molecule has 3 N–H and O–H groups in total. The van der Waals surface area contributed by atoms with Gasteiger partial charge in [-0.2, -0.15) is 0 Å². The molecule has 0 spiro atoms. The number of nitrogens with zero attached hydrogens (tertiary/aromatic N) is 1. The van der Waals surface area contributed by atoms with Gasteiger partial charge in [0.2, 0.25) is 0 Å². The van der Waals surface area contributed by atoms with Crippen LogP contribution in [0.5, 0.6) is 0 Å². The number of hydrogen-bond donors (Lipinski definition) is 2. The summed E-state index contributed by atoms with van der Waals surface area (Å²) in [7, 11) is 0. The molecule has 0 amide bonds. The monoisotopic (exact) mass is 259 g/mol. The van der Waals surface area contributed by atoms with Crippen LogP contribution in [-0.2, 0) is 0 Å². The highest BCUT2D eigenvalue weighted by molar-refractivity contribution is 5.96. The molecule has 1 aromatic carbocycles. The van der Waals surface area contributed by atoms with Crippen LogP contribution >= 0.6 is 0 Å². The van der Waals surface area contributed by atoms with Crippen molar-refractivity contribution in [1.82, 2.24) is 0 Å². The van der Waals surface area contributed by atoms with Gasteiger partial charge in [-0.1, -0.05) is 19.8 Å². The van der Waals surface area contributed by atoms with E-state index >= 15 is 0 Å². The molecule has 104 valence electrons. The third-order valence-electron chi connectivity index (χ3n) is 4.18. The van der Waals surface area contributed by atoms with Gasteiger partial charge in [-0.05, 0) is 49.4 Å². The highest BCUT2D eigenvalue weighted by atomic mass is 15.1. The largest absolute Gasteiger partial charge is 0.384 e. The first-order valence-electron chi connectivity index (χ1n) is 7.31. The number of aryl methyl sites for hydroxylation is 1. The summed E-state index contributed by atoms with van der Waals surface area (Å²) in [6.45, 7) is 6.62. The molecule has 3 nitrogen and oxygen atoms in total. The molecule has 0 aromatic heterocycles. The Morgan fingerprint density at radius 1 is 1.37 bits per heavy atom. The summed E-state index contributed by atoms with van der Waals surface area (Å²) in [5, 5.41) is 7.53. The van der Waals surface area contributed by atoms with Crippen molar-refractivity contribution in [3.05, 3.63) is 29.3 Å². The van der Waals surface area contributed by atoms with Crippen molar-refractivity contribution in [1.29, 1.82) is 5.41 Å². The molecule has 0 atom stereocenters. The predicted molar refractivity (Wildman–Crippen MR) is 82.0 cm³/mol. The van der Waals surface area contributed by atoms with Crippen LogP contribution in [0.25, 0.3) is 0 Å². The first kappa shape index (κ1) is 13.9. The molecular weight excluding hydrogens is 234 g/mol. The van der Waals surface area contributed by atoms with Crippen molar-refractivity contribution < 1.29 is 0 Å². The zero-order chi connectivity index (χ0) is 13.8. The Morgan fingerprint density at radius 3 is 2.58 bits per heavy atom. The minimum atomic E-state index is 0.158. The first-order chi connectivity index (χ1) is 9.11. The maximum Gasteiger partial charge on any atom is 0.123 e. The fourth-order valence-electron chi connectivity index (χ4n) is 3.03. The smallest absolute Gasteiger partial charge is 0.123 e.